The van der Waals surface area contributed by atoms with Crippen molar-refractivity contribution in [2.24, 2.45) is 7.05 Å². The van der Waals surface area contributed by atoms with Gasteiger partial charge in [-0.1, -0.05) is 0 Å². The fraction of sp³-hybridized carbons (Fsp3) is 0.312. The second kappa shape index (κ2) is 7.34. The predicted octanol–water partition coefficient (Wildman–Crippen LogP) is 1.86. The number of ether oxygens (including phenoxy) is 2. The van der Waals surface area contributed by atoms with Crippen molar-refractivity contribution in [3.63, 3.8) is 0 Å². The fourth-order valence-electron chi connectivity index (χ4n) is 2.51. The van der Waals surface area contributed by atoms with Crippen LogP contribution in [0.15, 0.2) is 27.8 Å². The molecule has 0 fully saturated rings. The van der Waals surface area contributed by atoms with Gasteiger partial charge < -0.3 is 9.47 Å². The van der Waals surface area contributed by atoms with Gasteiger partial charge in [0.1, 0.15) is 11.5 Å². The van der Waals surface area contributed by atoms with Crippen molar-refractivity contribution >= 4 is 0 Å². The topological polar surface area (TPSA) is 86.2 Å². The first-order chi connectivity index (χ1) is 12.6. The van der Waals surface area contributed by atoms with Crippen LogP contribution in [0.5, 0.6) is 0 Å². The van der Waals surface area contributed by atoms with Crippen molar-refractivity contribution < 1.29 is 27.0 Å². The number of benzene rings is 1. The minimum atomic E-state index is -4.95. The summed E-state index contributed by atoms with van der Waals surface area (Å²) in [5.74, 6) is -1.15. The maximum atomic E-state index is 14.4. The van der Waals surface area contributed by atoms with Crippen LogP contribution >= 0.6 is 0 Å². The molecule has 27 heavy (non-hydrogen) atoms. The summed E-state index contributed by atoms with van der Waals surface area (Å²) in [5, 5.41) is 9.14. The number of alkyl halides is 3. The molecule has 7 nitrogen and oxygen atoms in total. The normalized spacial score (nSPS) is 11.7. The van der Waals surface area contributed by atoms with Crippen molar-refractivity contribution in [2.45, 2.75) is 12.5 Å². The lowest BCUT2D eigenvalue weighted by molar-refractivity contribution is -0.144. The Hall–Kier alpha value is -2.97. The first-order valence-electron chi connectivity index (χ1n) is 7.26. The van der Waals surface area contributed by atoms with Gasteiger partial charge in [0.05, 0.1) is 17.3 Å². The number of aromatic nitrogens is 2. The summed E-state index contributed by atoms with van der Waals surface area (Å²) in [5.41, 5.74) is -5.10. The van der Waals surface area contributed by atoms with E-state index in [4.69, 9.17) is 14.7 Å². The lowest BCUT2D eigenvalue weighted by Crippen LogP contribution is -2.41. The van der Waals surface area contributed by atoms with Crippen LogP contribution in [0.25, 0.3) is 5.69 Å². The SMILES string of the molecule is COC(OC)c1cc(-n2c(=O)cc(C(F)(F)F)n(C)c2=O)c(F)cc1C#N. The zero-order valence-corrected chi connectivity index (χ0v) is 14.3. The van der Waals surface area contributed by atoms with Crippen LogP contribution in [0.1, 0.15) is 23.1 Å². The Morgan fingerprint density at radius 1 is 1.15 bits per heavy atom. The standard InChI is InChI=1S/C16H13F4N3O4/c1-22-12(16(18,19)20)6-13(24)23(15(22)25)11-5-9(14(26-2)27-3)8(7-21)4-10(11)17/h4-6,14H,1-3H3. The van der Waals surface area contributed by atoms with Gasteiger partial charge in [-0.25, -0.2) is 13.8 Å². The molecule has 0 aliphatic rings. The summed E-state index contributed by atoms with van der Waals surface area (Å²) in [6, 6.07) is 3.58. The molecule has 0 N–H and O–H groups in total. The third kappa shape index (κ3) is 3.62. The third-order valence-electron chi connectivity index (χ3n) is 3.77. The average Bonchev–Trinajstić information content (AvgIpc) is 2.60. The lowest BCUT2D eigenvalue weighted by atomic mass is 10.1. The third-order valence-corrected chi connectivity index (χ3v) is 3.77. The molecule has 1 aromatic heterocycles. The highest BCUT2D eigenvalue weighted by Crippen LogP contribution is 2.28. The molecule has 0 saturated carbocycles. The van der Waals surface area contributed by atoms with Crippen molar-refractivity contribution in [1.29, 1.82) is 5.26 Å². The Morgan fingerprint density at radius 3 is 2.22 bits per heavy atom. The van der Waals surface area contributed by atoms with Crippen LogP contribution in [0.4, 0.5) is 17.6 Å². The van der Waals surface area contributed by atoms with E-state index in [0.29, 0.717) is 0 Å². The minimum absolute atomic E-state index is 0.00671. The van der Waals surface area contributed by atoms with Crippen LogP contribution in [0, 0.1) is 17.1 Å². The molecule has 144 valence electrons. The highest BCUT2D eigenvalue weighted by atomic mass is 19.4. The van der Waals surface area contributed by atoms with Gasteiger partial charge in [0.25, 0.3) is 5.56 Å². The molecule has 2 aromatic rings. The Labute approximate surface area is 149 Å². The Bertz CT molecular complexity index is 1030. The number of nitriles is 1. The number of halogens is 4. The summed E-state index contributed by atoms with van der Waals surface area (Å²) in [4.78, 5) is 24.5. The number of methoxy groups -OCH3 is 2. The maximum absolute atomic E-state index is 14.4. The molecule has 0 saturated heterocycles. The van der Waals surface area contributed by atoms with E-state index in [-0.39, 0.29) is 26.3 Å². The second-order valence-corrected chi connectivity index (χ2v) is 5.35. The summed E-state index contributed by atoms with van der Waals surface area (Å²) >= 11 is 0. The zero-order valence-electron chi connectivity index (χ0n) is 14.3. The molecule has 0 radical (unpaired) electrons. The first kappa shape index (κ1) is 20.3. The van der Waals surface area contributed by atoms with E-state index in [1.807, 2.05) is 0 Å². The Morgan fingerprint density at radius 2 is 1.74 bits per heavy atom. The van der Waals surface area contributed by atoms with Crippen LogP contribution in [-0.2, 0) is 22.7 Å². The highest BCUT2D eigenvalue weighted by Gasteiger charge is 2.35. The summed E-state index contributed by atoms with van der Waals surface area (Å²) < 4.78 is 63.6. The van der Waals surface area contributed by atoms with Crippen LogP contribution in [0.2, 0.25) is 0 Å². The van der Waals surface area contributed by atoms with Crippen molar-refractivity contribution in [1.82, 2.24) is 9.13 Å². The fourth-order valence-corrected chi connectivity index (χ4v) is 2.51. The number of nitrogens with zero attached hydrogens (tertiary/aromatic N) is 3. The maximum Gasteiger partial charge on any atom is 0.431 e. The molecule has 1 aromatic carbocycles. The second-order valence-electron chi connectivity index (χ2n) is 5.35. The average molecular weight is 387 g/mol. The predicted molar refractivity (Wildman–Crippen MR) is 83.7 cm³/mol. The van der Waals surface area contributed by atoms with Crippen LogP contribution in [-0.4, -0.2) is 23.4 Å². The monoisotopic (exact) mass is 387 g/mol. The van der Waals surface area contributed by atoms with E-state index in [1.165, 1.54) is 14.2 Å². The molecule has 0 bridgehead atoms. The number of rotatable bonds is 4. The molecule has 0 spiro atoms. The van der Waals surface area contributed by atoms with Crippen molar-refractivity contribution in [2.75, 3.05) is 14.2 Å². The quantitative estimate of drug-likeness (QED) is 0.591. The van der Waals surface area contributed by atoms with Gasteiger partial charge in [0.15, 0.2) is 6.29 Å². The van der Waals surface area contributed by atoms with Gasteiger partial charge in [-0.3, -0.25) is 9.36 Å². The summed E-state index contributed by atoms with van der Waals surface area (Å²) in [6.45, 7) is 0. The van der Waals surface area contributed by atoms with Gasteiger partial charge in [0, 0.05) is 32.9 Å². The molecule has 0 amide bonds. The lowest BCUT2D eigenvalue weighted by Gasteiger charge is -2.18. The molecule has 0 unspecified atom stereocenters. The molecule has 1 heterocycles. The molecule has 0 aliphatic heterocycles. The minimum Gasteiger partial charge on any atom is -0.352 e. The molecule has 2 rings (SSSR count). The number of hydrogen-bond acceptors (Lipinski definition) is 5. The van der Waals surface area contributed by atoms with Gasteiger partial charge in [-0.2, -0.15) is 18.4 Å². The zero-order chi connectivity index (χ0) is 20.5. The first-order valence-corrected chi connectivity index (χ1v) is 7.26. The van der Waals surface area contributed by atoms with Gasteiger partial charge in [-0.15, -0.1) is 0 Å². The molecular formula is C16H13F4N3O4. The van der Waals surface area contributed by atoms with Gasteiger partial charge >= 0.3 is 11.9 Å². The van der Waals surface area contributed by atoms with Crippen molar-refractivity contribution in [3.05, 3.63) is 61.7 Å². The van der Waals surface area contributed by atoms with E-state index in [9.17, 15) is 27.2 Å². The molecule has 11 heteroatoms. The van der Waals surface area contributed by atoms with Gasteiger partial charge in [-0.05, 0) is 12.1 Å². The van der Waals surface area contributed by atoms with Crippen molar-refractivity contribution in [3.8, 4) is 11.8 Å². The smallest absolute Gasteiger partial charge is 0.352 e. The van der Waals surface area contributed by atoms with E-state index in [1.54, 1.807) is 6.07 Å². The Balaban J connectivity index is 2.86. The Kier molecular flexibility index (Phi) is 5.53. The van der Waals surface area contributed by atoms with E-state index in [2.05, 4.69) is 0 Å². The largest absolute Gasteiger partial charge is 0.431 e. The molecule has 0 aliphatic carbocycles. The number of hydrogen-bond donors (Lipinski definition) is 0. The summed E-state index contributed by atoms with van der Waals surface area (Å²) in [7, 11) is 3.28. The molecular weight excluding hydrogens is 374 g/mol. The van der Waals surface area contributed by atoms with E-state index >= 15 is 0 Å². The van der Waals surface area contributed by atoms with Crippen LogP contribution in [0.3, 0.4) is 0 Å². The van der Waals surface area contributed by atoms with E-state index < -0.39 is 40.9 Å². The molecule has 0 atom stereocenters. The van der Waals surface area contributed by atoms with E-state index in [0.717, 1.165) is 19.2 Å². The van der Waals surface area contributed by atoms with Gasteiger partial charge in [0.2, 0.25) is 0 Å². The highest BCUT2D eigenvalue weighted by molar-refractivity contribution is 5.48. The van der Waals surface area contributed by atoms with Crippen LogP contribution < -0.4 is 11.2 Å². The summed E-state index contributed by atoms with van der Waals surface area (Å²) in [6.07, 6.45) is -6.08.